The van der Waals surface area contributed by atoms with Gasteiger partial charge in [-0.2, -0.15) is 13.2 Å². The number of nitrogens with zero attached hydrogens (tertiary/aromatic N) is 1. The van der Waals surface area contributed by atoms with E-state index >= 15 is 0 Å². The van der Waals surface area contributed by atoms with E-state index in [1.54, 1.807) is 0 Å². The standard InChI is InChI=1S/C14H23F3N2/c1-11-3-2-6-13(18,9-11)10-19-7-4-12(5-8-19)14(15,16)17/h4,11H,2-3,5-10,18H2,1H3. The van der Waals surface area contributed by atoms with Crippen LogP contribution < -0.4 is 5.73 Å². The fourth-order valence-electron chi connectivity index (χ4n) is 3.40. The van der Waals surface area contributed by atoms with Crippen molar-refractivity contribution >= 4 is 0 Å². The fraction of sp³-hybridized carbons (Fsp3) is 0.857. The lowest BCUT2D eigenvalue weighted by Crippen LogP contribution is -2.53. The summed E-state index contributed by atoms with van der Waals surface area (Å²) in [6.45, 7) is 3.78. The predicted molar refractivity (Wildman–Crippen MR) is 69.7 cm³/mol. The molecule has 1 heterocycles. The van der Waals surface area contributed by atoms with Crippen LogP contribution >= 0.6 is 0 Å². The summed E-state index contributed by atoms with van der Waals surface area (Å²) in [4.78, 5) is 2.06. The van der Waals surface area contributed by atoms with Gasteiger partial charge in [-0.25, -0.2) is 0 Å². The highest BCUT2D eigenvalue weighted by Gasteiger charge is 2.37. The van der Waals surface area contributed by atoms with E-state index in [1.807, 2.05) is 0 Å². The molecule has 2 aliphatic rings. The Morgan fingerprint density at radius 3 is 2.74 bits per heavy atom. The van der Waals surface area contributed by atoms with Crippen LogP contribution in [0.5, 0.6) is 0 Å². The van der Waals surface area contributed by atoms with Crippen LogP contribution in [0.4, 0.5) is 13.2 Å². The molecular weight excluding hydrogens is 253 g/mol. The second-order valence-electron chi connectivity index (χ2n) is 6.28. The number of alkyl halides is 3. The van der Waals surface area contributed by atoms with Crippen LogP contribution in [0.1, 0.15) is 39.0 Å². The van der Waals surface area contributed by atoms with Gasteiger partial charge in [0, 0.05) is 30.7 Å². The van der Waals surface area contributed by atoms with Crippen LogP contribution in [0.25, 0.3) is 0 Å². The molecule has 2 nitrogen and oxygen atoms in total. The van der Waals surface area contributed by atoms with Crippen molar-refractivity contribution < 1.29 is 13.2 Å². The normalized spacial score (nSPS) is 34.2. The predicted octanol–water partition coefficient (Wildman–Crippen LogP) is 3.09. The smallest absolute Gasteiger partial charge is 0.324 e. The van der Waals surface area contributed by atoms with Crippen molar-refractivity contribution in [1.82, 2.24) is 4.90 Å². The Morgan fingerprint density at radius 1 is 1.47 bits per heavy atom. The third-order valence-electron chi connectivity index (χ3n) is 4.32. The molecular formula is C14H23F3N2. The SMILES string of the molecule is CC1CCCC(N)(CN2CC=C(C(F)(F)F)CC2)C1. The van der Waals surface area contributed by atoms with Crippen molar-refractivity contribution in [2.24, 2.45) is 11.7 Å². The van der Waals surface area contributed by atoms with Crippen molar-refractivity contribution in [2.75, 3.05) is 19.6 Å². The first-order chi connectivity index (χ1) is 8.78. The molecule has 1 fully saturated rings. The Kier molecular flexibility index (Phi) is 4.26. The Balaban J connectivity index is 1.90. The maximum atomic E-state index is 12.5. The van der Waals surface area contributed by atoms with Crippen molar-refractivity contribution in [2.45, 2.75) is 50.7 Å². The summed E-state index contributed by atoms with van der Waals surface area (Å²) < 4.78 is 37.6. The summed E-state index contributed by atoms with van der Waals surface area (Å²) in [5, 5.41) is 0. The number of hydrogen-bond donors (Lipinski definition) is 1. The van der Waals surface area contributed by atoms with Gasteiger partial charge in [0.05, 0.1) is 0 Å². The zero-order valence-electron chi connectivity index (χ0n) is 11.5. The van der Waals surface area contributed by atoms with Gasteiger partial charge in [0.1, 0.15) is 0 Å². The Hall–Kier alpha value is -0.550. The summed E-state index contributed by atoms with van der Waals surface area (Å²) >= 11 is 0. The van der Waals surface area contributed by atoms with Crippen LogP contribution in [0, 0.1) is 5.92 Å². The molecule has 0 aromatic rings. The van der Waals surface area contributed by atoms with Gasteiger partial charge in [-0.05, 0) is 25.2 Å². The third-order valence-corrected chi connectivity index (χ3v) is 4.32. The quantitative estimate of drug-likeness (QED) is 0.785. The van der Waals surface area contributed by atoms with Crippen molar-refractivity contribution in [3.05, 3.63) is 11.6 Å². The molecule has 0 amide bonds. The van der Waals surface area contributed by atoms with Crippen molar-refractivity contribution in [3.8, 4) is 0 Å². The molecule has 0 aromatic carbocycles. The van der Waals surface area contributed by atoms with Crippen molar-refractivity contribution in [3.63, 3.8) is 0 Å². The molecule has 2 N–H and O–H groups in total. The highest BCUT2D eigenvalue weighted by atomic mass is 19.4. The van der Waals surface area contributed by atoms with E-state index in [4.69, 9.17) is 5.73 Å². The molecule has 2 atom stereocenters. The average molecular weight is 276 g/mol. The fourth-order valence-corrected chi connectivity index (χ4v) is 3.40. The zero-order chi connectivity index (χ0) is 14.1. The van der Waals surface area contributed by atoms with Crippen LogP contribution in [0.3, 0.4) is 0 Å². The van der Waals surface area contributed by atoms with E-state index in [1.165, 1.54) is 12.5 Å². The van der Waals surface area contributed by atoms with E-state index in [9.17, 15) is 13.2 Å². The lowest BCUT2D eigenvalue weighted by atomic mass is 9.76. The highest BCUT2D eigenvalue weighted by Crippen LogP contribution is 2.33. The molecule has 0 aromatic heterocycles. The minimum absolute atomic E-state index is 0.0924. The summed E-state index contributed by atoms with van der Waals surface area (Å²) in [7, 11) is 0. The number of halogens is 3. The number of hydrogen-bond acceptors (Lipinski definition) is 2. The summed E-state index contributed by atoms with van der Waals surface area (Å²) in [6, 6.07) is 0. The van der Waals surface area contributed by atoms with Gasteiger partial charge >= 0.3 is 6.18 Å². The topological polar surface area (TPSA) is 29.3 Å². The monoisotopic (exact) mass is 276 g/mol. The second-order valence-corrected chi connectivity index (χ2v) is 6.28. The van der Waals surface area contributed by atoms with E-state index < -0.39 is 6.18 Å². The molecule has 1 aliphatic carbocycles. The van der Waals surface area contributed by atoms with E-state index in [0.29, 0.717) is 19.0 Å². The van der Waals surface area contributed by atoms with E-state index in [-0.39, 0.29) is 17.5 Å². The molecule has 0 saturated heterocycles. The van der Waals surface area contributed by atoms with Crippen LogP contribution in [-0.2, 0) is 0 Å². The molecule has 0 bridgehead atoms. The molecule has 1 aliphatic heterocycles. The highest BCUT2D eigenvalue weighted by molar-refractivity contribution is 5.13. The first-order valence-corrected chi connectivity index (χ1v) is 7.06. The van der Waals surface area contributed by atoms with Gasteiger partial charge in [-0.3, -0.25) is 4.90 Å². The lowest BCUT2D eigenvalue weighted by Gasteiger charge is -2.41. The summed E-state index contributed by atoms with van der Waals surface area (Å²) in [5.74, 6) is 0.629. The van der Waals surface area contributed by atoms with Crippen LogP contribution in [-0.4, -0.2) is 36.2 Å². The van der Waals surface area contributed by atoms with Crippen molar-refractivity contribution in [1.29, 1.82) is 0 Å². The Morgan fingerprint density at radius 2 is 2.21 bits per heavy atom. The lowest BCUT2D eigenvalue weighted by molar-refractivity contribution is -0.0961. The largest absolute Gasteiger partial charge is 0.412 e. The minimum Gasteiger partial charge on any atom is -0.324 e. The van der Waals surface area contributed by atoms with Gasteiger partial charge < -0.3 is 5.73 Å². The Bertz CT molecular complexity index is 351. The molecule has 0 spiro atoms. The Labute approximate surface area is 112 Å². The first kappa shape index (κ1) is 14.9. The number of rotatable bonds is 2. The second kappa shape index (κ2) is 5.44. The van der Waals surface area contributed by atoms with E-state index in [2.05, 4.69) is 11.8 Å². The van der Waals surface area contributed by atoms with Gasteiger partial charge in [0.15, 0.2) is 0 Å². The molecule has 1 saturated carbocycles. The maximum Gasteiger partial charge on any atom is 0.412 e. The number of nitrogens with two attached hydrogens (primary N) is 1. The van der Waals surface area contributed by atoms with Crippen LogP contribution in [0.2, 0.25) is 0 Å². The third kappa shape index (κ3) is 3.96. The summed E-state index contributed by atoms with van der Waals surface area (Å²) in [5.41, 5.74) is 5.83. The van der Waals surface area contributed by atoms with Gasteiger partial charge in [-0.15, -0.1) is 0 Å². The molecule has 2 rings (SSSR count). The molecule has 110 valence electrons. The van der Waals surface area contributed by atoms with Gasteiger partial charge in [0.2, 0.25) is 0 Å². The zero-order valence-corrected chi connectivity index (χ0v) is 11.5. The van der Waals surface area contributed by atoms with Gasteiger partial charge in [-0.1, -0.05) is 25.8 Å². The molecule has 2 unspecified atom stereocenters. The maximum absolute atomic E-state index is 12.5. The summed E-state index contributed by atoms with van der Waals surface area (Å²) in [6.07, 6.45) is 1.58. The average Bonchev–Trinajstić information content (AvgIpc) is 2.27. The molecule has 0 radical (unpaired) electrons. The molecule has 5 heteroatoms. The minimum atomic E-state index is -4.16. The molecule has 19 heavy (non-hydrogen) atoms. The first-order valence-electron chi connectivity index (χ1n) is 7.06. The van der Waals surface area contributed by atoms with Gasteiger partial charge in [0.25, 0.3) is 0 Å². The van der Waals surface area contributed by atoms with E-state index in [0.717, 1.165) is 25.8 Å². The van der Waals surface area contributed by atoms with Crippen LogP contribution in [0.15, 0.2) is 11.6 Å².